The van der Waals surface area contributed by atoms with Crippen LogP contribution >= 0.6 is 0 Å². The van der Waals surface area contributed by atoms with Crippen molar-refractivity contribution in [2.75, 3.05) is 6.54 Å². The maximum absolute atomic E-state index is 14.2. The molecule has 172 valence electrons. The Hall–Kier alpha value is -3.53. The number of fused-ring (bicyclic) bond motifs is 1. The van der Waals surface area contributed by atoms with Crippen LogP contribution in [0.4, 0.5) is 26.3 Å². The first-order valence-corrected chi connectivity index (χ1v) is 9.67. The van der Waals surface area contributed by atoms with Gasteiger partial charge in [0, 0.05) is 11.1 Å². The van der Waals surface area contributed by atoms with Gasteiger partial charge in [-0.05, 0) is 40.6 Å². The van der Waals surface area contributed by atoms with Crippen molar-refractivity contribution in [3.63, 3.8) is 0 Å². The standard InChI is InChI=1S/C23H16F6N2O2/c24-22(25,26)13-30-20(32)16-7-5-15(6-8-16)19-12-21(33-31-19,23(27,28)29)18-10-9-14-3-1-2-4-17(14)11-18/h1-12,31H,13H2,(H,30,32). The number of amides is 1. The zero-order chi connectivity index (χ0) is 23.9. The lowest BCUT2D eigenvalue weighted by molar-refractivity contribution is -0.269. The van der Waals surface area contributed by atoms with Crippen LogP contribution in [0.15, 0.2) is 72.8 Å². The van der Waals surface area contributed by atoms with Crippen LogP contribution in [0.3, 0.4) is 0 Å². The fraction of sp³-hybridized carbons (Fsp3) is 0.174. The first-order valence-electron chi connectivity index (χ1n) is 9.67. The Kier molecular flexibility index (Phi) is 5.57. The Morgan fingerprint density at radius 2 is 1.58 bits per heavy atom. The van der Waals surface area contributed by atoms with Gasteiger partial charge < -0.3 is 5.32 Å². The highest BCUT2D eigenvalue weighted by atomic mass is 19.4. The van der Waals surface area contributed by atoms with Crippen LogP contribution < -0.4 is 10.8 Å². The van der Waals surface area contributed by atoms with Crippen LogP contribution in [0.1, 0.15) is 21.5 Å². The molecule has 3 aromatic rings. The molecule has 10 heteroatoms. The topological polar surface area (TPSA) is 50.4 Å². The zero-order valence-electron chi connectivity index (χ0n) is 16.7. The molecule has 0 saturated carbocycles. The van der Waals surface area contributed by atoms with Gasteiger partial charge >= 0.3 is 12.4 Å². The van der Waals surface area contributed by atoms with Crippen molar-refractivity contribution in [2.45, 2.75) is 18.0 Å². The minimum absolute atomic E-state index is 0.00253. The number of hydroxylamine groups is 1. The van der Waals surface area contributed by atoms with E-state index in [0.717, 1.165) is 11.5 Å². The quantitative estimate of drug-likeness (QED) is 0.502. The third-order valence-electron chi connectivity index (χ3n) is 5.18. The van der Waals surface area contributed by atoms with Gasteiger partial charge in [-0.1, -0.05) is 48.5 Å². The molecule has 0 aromatic heterocycles. The summed E-state index contributed by atoms with van der Waals surface area (Å²) in [5.41, 5.74) is -0.387. The molecule has 1 heterocycles. The normalized spacial score (nSPS) is 18.7. The summed E-state index contributed by atoms with van der Waals surface area (Å²) in [5.74, 6) is -0.954. The number of rotatable bonds is 4. The van der Waals surface area contributed by atoms with Crippen LogP contribution in [-0.4, -0.2) is 24.8 Å². The number of nitrogens with one attached hydrogen (secondary N) is 2. The van der Waals surface area contributed by atoms with Gasteiger partial charge in [-0.2, -0.15) is 26.3 Å². The summed E-state index contributed by atoms with van der Waals surface area (Å²) in [4.78, 5) is 16.9. The van der Waals surface area contributed by atoms with Gasteiger partial charge in [0.2, 0.25) is 5.60 Å². The van der Waals surface area contributed by atoms with Crippen molar-refractivity contribution < 1.29 is 36.0 Å². The Bertz CT molecular complexity index is 1220. The molecule has 0 radical (unpaired) electrons. The molecule has 3 aromatic carbocycles. The predicted molar refractivity (Wildman–Crippen MR) is 109 cm³/mol. The van der Waals surface area contributed by atoms with E-state index in [9.17, 15) is 31.1 Å². The average molecular weight is 466 g/mol. The fourth-order valence-electron chi connectivity index (χ4n) is 3.49. The van der Waals surface area contributed by atoms with Crippen molar-refractivity contribution in [3.05, 3.63) is 89.5 Å². The van der Waals surface area contributed by atoms with Crippen molar-refractivity contribution in [3.8, 4) is 0 Å². The first-order chi connectivity index (χ1) is 15.5. The first kappa shape index (κ1) is 22.7. The molecule has 2 N–H and O–H groups in total. The second-order valence-corrected chi connectivity index (χ2v) is 7.43. The van der Waals surface area contributed by atoms with Crippen LogP contribution in [0.2, 0.25) is 0 Å². The summed E-state index contributed by atoms with van der Waals surface area (Å²) in [5, 5.41) is 3.11. The number of halogens is 6. The van der Waals surface area contributed by atoms with Gasteiger partial charge in [-0.25, -0.2) is 0 Å². The zero-order valence-corrected chi connectivity index (χ0v) is 16.7. The summed E-state index contributed by atoms with van der Waals surface area (Å²) in [6.07, 6.45) is -8.47. The van der Waals surface area contributed by atoms with E-state index >= 15 is 0 Å². The van der Waals surface area contributed by atoms with Gasteiger partial charge in [0.25, 0.3) is 5.91 Å². The molecular weight excluding hydrogens is 450 g/mol. The molecular formula is C23H16F6N2O2. The van der Waals surface area contributed by atoms with E-state index in [1.54, 1.807) is 35.6 Å². The van der Waals surface area contributed by atoms with Crippen LogP contribution in [-0.2, 0) is 10.4 Å². The predicted octanol–water partition coefficient (Wildman–Crippen LogP) is 5.47. The number of alkyl halides is 6. The molecule has 33 heavy (non-hydrogen) atoms. The molecule has 0 aliphatic carbocycles. The van der Waals surface area contributed by atoms with E-state index in [1.165, 1.54) is 36.4 Å². The van der Waals surface area contributed by atoms with Gasteiger partial charge in [0.05, 0.1) is 5.70 Å². The van der Waals surface area contributed by atoms with E-state index in [-0.39, 0.29) is 22.4 Å². The van der Waals surface area contributed by atoms with Crippen LogP contribution in [0.5, 0.6) is 0 Å². The monoisotopic (exact) mass is 466 g/mol. The van der Waals surface area contributed by atoms with E-state index in [2.05, 4.69) is 5.48 Å². The summed E-state index contributed by atoms with van der Waals surface area (Å²) in [6, 6.07) is 16.3. The fourth-order valence-corrected chi connectivity index (χ4v) is 3.49. The highest BCUT2D eigenvalue weighted by molar-refractivity contribution is 5.94. The second-order valence-electron chi connectivity index (χ2n) is 7.43. The van der Waals surface area contributed by atoms with Gasteiger partial charge in [-0.15, -0.1) is 0 Å². The highest BCUT2D eigenvalue weighted by Gasteiger charge is 2.59. The minimum Gasteiger partial charge on any atom is -0.343 e. The van der Waals surface area contributed by atoms with E-state index in [4.69, 9.17) is 4.84 Å². The maximum Gasteiger partial charge on any atom is 0.428 e. The Morgan fingerprint density at radius 3 is 2.21 bits per heavy atom. The molecule has 0 saturated heterocycles. The maximum atomic E-state index is 14.2. The van der Waals surface area contributed by atoms with E-state index < -0.39 is 30.4 Å². The number of carbonyl (C=O) groups is 1. The lowest BCUT2D eigenvalue weighted by Gasteiger charge is -2.28. The lowest BCUT2D eigenvalue weighted by Crippen LogP contribution is -2.42. The third-order valence-corrected chi connectivity index (χ3v) is 5.18. The molecule has 1 atom stereocenters. The summed E-state index contributed by atoms with van der Waals surface area (Å²) in [6.45, 7) is -1.49. The summed E-state index contributed by atoms with van der Waals surface area (Å²) in [7, 11) is 0. The van der Waals surface area contributed by atoms with Gasteiger partial charge in [-0.3, -0.25) is 15.1 Å². The SMILES string of the molecule is O=C(NCC(F)(F)F)c1ccc(C2=CC(c3ccc4ccccc4c3)(C(F)(F)F)ON2)cc1. The van der Waals surface area contributed by atoms with Crippen LogP contribution in [0, 0.1) is 0 Å². The number of hydrogen-bond donors (Lipinski definition) is 2. The molecule has 4 nitrogen and oxygen atoms in total. The molecule has 1 unspecified atom stereocenters. The molecule has 0 spiro atoms. The molecule has 1 aliphatic heterocycles. The van der Waals surface area contributed by atoms with Crippen molar-refractivity contribution >= 4 is 22.4 Å². The van der Waals surface area contributed by atoms with Crippen molar-refractivity contribution in [2.24, 2.45) is 0 Å². The van der Waals surface area contributed by atoms with E-state index in [1.807, 2.05) is 0 Å². The lowest BCUT2D eigenvalue weighted by atomic mass is 9.90. The minimum atomic E-state index is -4.80. The van der Waals surface area contributed by atoms with Gasteiger partial charge in [0.1, 0.15) is 6.54 Å². The number of hydrogen-bond acceptors (Lipinski definition) is 3. The smallest absolute Gasteiger partial charge is 0.343 e. The van der Waals surface area contributed by atoms with Gasteiger partial charge in [0.15, 0.2) is 0 Å². The Labute approximate surface area is 183 Å². The van der Waals surface area contributed by atoms with Crippen molar-refractivity contribution in [1.82, 2.24) is 10.8 Å². The molecule has 0 bridgehead atoms. The third kappa shape index (κ3) is 4.51. The summed E-state index contributed by atoms with van der Waals surface area (Å²) < 4.78 is 79.3. The molecule has 1 aliphatic rings. The second kappa shape index (κ2) is 8.11. The van der Waals surface area contributed by atoms with Crippen molar-refractivity contribution in [1.29, 1.82) is 0 Å². The Morgan fingerprint density at radius 1 is 0.909 bits per heavy atom. The van der Waals surface area contributed by atoms with E-state index in [0.29, 0.717) is 5.39 Å². The summed E-state index contributed by atoms with van der Waals surface area (Å²) >= 11 is 0. The molecule has 4 rings (SSSR count). The molecule has 1 amide bonds. The highest BCUT2D eigenvalue weighted by Crippen LogP contribution is 2.47. The van der Waals surface area contributed by atoms with Crippen LogP contribution in [0.25, 0.3) is 16.5 Å². The average Bonchev–Trinajstić information content (AvgIpc) is 3.24. The molecule has 0 fully saturated rings. The number of carbonyl (C=O) groups excluding carboxylic acids is 1. The number of benzene rings is 3. The largest absolute Gasteiger partial charge is 0.428 e. The Balaban J connectivity index is 1.64.